The third kappa shape index (κ3) is 2.69. The van der Waals surface area contributed by atoms with Crippen LogP contribution in [0.2, 0.25) is 0 Å². The summed E-state index contributed by atoms with van der Waals surface area (Å²) in [6.45, 7) is 2.83. The molecule has 0 aromatic carbocycles. The number of carbonyl (C=O) groups is 1. The number of rotatable bonds is 4. The number of nitrogens with zero attached hydrogens (tertiary/aromatic N) is 1. The highest BCUT2D eigenvalue weighted by Gasteiger charge is 2.28. The highest BCUT2D eigenvalue weighted by molar-refractivity contribution is 5.77. The lowest BCUT2D eigenvalue weighted by atomic mass is 10.1. The fourth-order valence-corrected chi connectivity index (χ4v) is 1.84. The van der Waals surface area contributed by atoms with Crippen LogP contribution in [-0.4, -0.2) is 41.1 Å². The summed E-state index contributed by atoms with van der Waals surface area (Å²) in [5, 5.41) is 9.05. The summed E-state index contributed by atoms with van der Waals surface area (Å²) < 4.78 is 0. The molecule has 1 aliphatic heterocycles. The highest BCUT2D eigenvalue weighted by atomic mass is 16.3. The number of carbonyl (C=O) groups excluding carboxylic acids is 1. The molecule has 1 saturated heterocycles. The van der Waals surface area contributed by atoms with Gasteiger partial charge in [-0.2, -0.15) is 0 Å². The quantitative estimate of drug-likeness (QED) is 0.676. The van der Waals surface area contributed by atoms with E-state index in [-0.39, 0.29) is 24.6 Å². The van der Waals surface area contributed by atoms with Crippen molar-refractivity contribution in [2.45, 2.75) is 44.7 Å². The number of aliphatic hydroxyl groups excluding tert-OH is 1. The van der Waals surface area contributed by atoms with Gasteiger partial charge in [-0.1, -0.05) is 6.92 Å². The van der Waals surface area contributed by atoms with Crippen LogP contribution in [0.1, 0.15) is 32.6 Å². The molecule has 0 saturated carbocycles. The fourth-order valence-electron chi connectivity index (χ4n) is 1.84. The van der Waals surface area contributed by atoms with Crippen molar-refractivity contribution in [1.82, 2.24) is 4.90 Å². The van der Waals surface area contributed by atoms with Crippen molar-refractivity contribution in [2.75, 3.05) is 13.2 Å². The lowest BCUT2D eigenvalue weighted by Crippen LogP contribution is -2.40. The van der Waals surface area contributed by atoms with E-state index in [1.807, 2.05) is 6.92 Å². The minimum absolute atomic E-state index is 0.0338. The van der Waals surface area contributed by atoms with Gasteiger partial charge in [0.2, 0.25) is 5.91 Å². The molecule has 0 aromatic rings. The van der Waals surface area contributed by atoms with Crippen molar-refractivity contribution in [3.05, 3.63) is 0 Å². The summed E-state index contributed by atoms with van der Waals surface area (Å²) in [5.41, 5.74) is 5.72. The maximum absolute atomic E-state index is 11.7. The predicted molar refractivity (Wildman–Crippen MR) is 54.7 cm³/mol. The van der Waals surface area contributed by atoms with Gasteiger partial charge in [-0.05, 0) is 19.3 Å². The first-order valence-electron chi connectivity index (χ1n) is 5.35. The first kappa shape index (κ1) is 11.5. The van der Waals surface area contributed by atoms with Gasteiger partial charge in [0.25, 0.3) is 0 Å². The summed E-state index contributed by atoms with van der Waals surface area (Å²) in [6, 6.07) is -0.00556. The summed E-state index contributed by atoms with van der Waals surface area (Å²) >= 11 is 0. The van der Waals surface area contributed by atoms with E-state index in [0.29, 0.717) is 6.42 Å². The van der Waals surface area contributed by atoms with E-state index >= 15 is 0 Å². The fraction of sp³-hybridized carbons (Fsp3) is 0.900. The van der Waals surface area contributed by atoms with Crippen LogP contribution in [0.15, 0.2) is 0 Å². The van der Waals surface area contributed by atoms with Crippen molar-refractivity contribution in [3.63, 3.8) is 0 Å². The van der Waals surface area contributed by atoms with Crippen molar-refractivity contribution in [2.24, 2.45) is 5.73 Å². The molecule has 3 N–H and O–H groups in total. The number of nitrogens with two attached hydrogens (primary N) is 1. The van der Waals surface area contributed by atoms with Gasteiger partial charge in [0, 0.05) is 19.0 Å². The van der Waals surface area contributed by atoms with E-state index in [1.54, 1.807) is 4.90 Å². The second kappa shape index (κ2) is 5.32. The largest absolute Gasteiger partial charge is 0.394 e. The average molecular weight is 200 g/mol. The minimum atomic E-state index is -0.0394. The van der Waals surface area contributed by atoms with Gasteiger partial charge in [0.15, 0.2) is 0 Å². The Morgan fingerprint density at radius 1 is 1.71 bits per heavy atom. The lowest BCUT2D eigenvalue weighted by Gasteiger charge is -2.24. The molecular weight excluding hydrogens is 180 g/mol. The molecule has 1 heterocycles. The smallest absolute Gasteiger partial charge is 0.224 e. The first-order valence-corrected chi connectivity index (χ1v) is 5.35. The van der Waals surface area contributed by atoms with Crippen LogP contribution in [0.4, 0.5) is 0 Å². The maximum Gasteiger partial charge on any atom is 0.224 e. The lowest BCUT2D eigenvalue weighted by molar-refractivity contribution is -0.133. The standard InChI is InChI=1S/C10H20N2O2/c1-2-8(11)6-10(14)12-5-3-4-9(12)7-13/h8-9,13H,2-7,11H2,1H3. The zero-order chi connectivity index (χ0) is 10.6. The molecule has 1 fully saturated rings. The zero-order valence-corrected chi connectivity index (χ0v) is 8.78. The first-order chi connectivity index (χ1) is 6.69. The SMILES string of the molecule is CCC(N)CC(=O)N1CCCC1CO. The van der Waals surface area contributed by atoms with Gasteiger partial charge >= 0.3 is 0 Å². The Hall–Kier alpha value is -0.610. The third-order valence-corrected chi connectivity index (χ3v) is 2.87. The molecule has 0 radical (unpaired) electrons. The molecule has 4 nitrogen and oxygen atoms in total. The molecule has 0 bridgehead atoms. The van der Waals surface area contributed by atoms with Gasteiger partial charge in [0.05, 0.1) is 12.6 Å². The van der Waals surface area contributed by atoms with E-state index in [2.05, 4.69) is 0 Å². The molecule has 2 atom stereocenters. The van der Waals surface area contributed by atoms with Crippen LogP contribution in [0, 0.1) is 0 Å². The Morgan fingerprint density at radius 3 is 3.00 bits per heavy atom. The number of likely N-dealkylation sites (tertiary alicyclic amines) is 1. The van der Waals surface area contributed by atoms with Crippen LogP contribution in [0.5, 0.6) is 0 Å². The van der Waals surface area contributed by atoms with Gasteiger partial charge < -0.3 is 15.7 Å². The number of hydrogen-bond donors (Lipinski definition) is 2. The van der Waals surface area contributed by atoms with Crippen molar-refractivity contribution in [1.29, 1.82) is 0 Å². The van der Waals surface area contributed by atoms with Crippen molar-refractivity contribution < 1.29 is 9.90 Å². The molecule has 2 unspecified atom stereocenters. The predicted octanol–water partition coefficient (Wildman–Crippen LogP) is 0.0971. The maximum atomic E-state index is 11.7. The van der Waals surface area contributed by atoms with Crippen LogP contribution in [0.3, 0.4) is 0 Å². The van der Waals surface area contributed by atoms with E-state index in [4.69, 9.17) is 10.8 Å². The number of hydrogen-bond acceptors (Lipinski definition) is 3. The Morgan fingerprint density at radius 2 is 2.43 bits per heavy atom. The van der Waals surface area contributed by atoms with Gasteiger partial charge in [-0.25, -0.2) is 0 Å². The Kier molecular flexibility index (Phi) is 4.35. The second-order valence-electron chi connectivity index (χ2n) is 3.94. The minimum Gasteiger partial charge on any atom is -0.394 e. The van der Waals surface area contributed by atoms with Crippen molar-refractivity contribution in [3.8, 4) is 0 Å². The van der Waals surface area contributed by atoms with Crippen molar-refractivity contribution >= 4 is 5.91 Å². The summed E-state index contributed by atoms with van der Waals surface area (Å²) in [5.74, 6) is 0.0934. The monoisotopic (exact) mass is 200 g/mol. The molecule has 82 valence electrons. The topological polar surface area (TPSA) is 66.6 Å². The molecule has 1 rings (SSSR count). The van der Waals surface area contributed by atoms with Crippen LogP contribution in [0.25, 0.3) is 0 Å². The molecule has 0 spiro atoms. The van der Waals surface area contributed by atoms with Crippen LogP contribution < -0.4 is 5.73 Å². The second-order valence-corrected chi connectivity index (χ2v) is 3.94. The van der Waals surface area contributed by atoms with E-state index < -0.39 is 0 Å². The molecule has 1 amide bonds. The third-order valence-electron chi connectivity index (χ3n) is 2.87. The number of amides is 1. The Balaban J connectivity index is 2.43. The summed E-state index contributed by atoms with van der Waals surface area (Å²) in [7, 11) is 0. The molecule has 4 heteroatoms. The molecular formula is C10H20N2O2. The van der Waals surface area contributed by atoms with Gasteiger partial charge in [0.1, 0.15) is 0 Å². The zero-order valence-electron chi connectivity index (χ0n) is 8.78. The van der Waals surface area contributed by atoms with Gasteiger partial charge in [-0.15, -0.1) is 0 Å². The van der Waals surface area contributed by atoms with Crippen LogP contribution in [-0.2, 0) is 4.79 Å². The van der Waals surface area contributed by atoms with E-state index in [1.165, 1.54) is 0 Å². The highest BCUT2D eigenvalue weighted by Crippen LogP contribution is 2.18. The normalized spacial score (nSPS) is 23.9. The molecule has 14 heavy (non-hydrogen) atoms. The Labute approximate surface area is 85.1 Å². The van der Waals surface area contributed by atoms with Gasteiger partial charge in [-0.3, -0.25) is 4.79 Å². The molecule has 1 aliphatic rings. The molecule has 0 aliphatic carbocycles. The van der Waals surface area contributed by atoms with E-state index in [0.717, 1.165) is 25.8 Å². The van der Waals surface area contributed by atoms with Crippen LogP contribution >= 0.6 is 0 Å². The summed E-state index contributed by atoms with van der Waals surface area (Å²) in [6.07, 6.45) is 3.15. The summed E-state index contributed by atoms with van der Waals surface area (Å²) in [4.78, 5) is 13.5. The average Bonchev–Trinajstić information content (AvgIpc) is 2.65. The molecule has 0 aromatic heterocycles. The van der Waals surface area contributed by atoms with E-state index in [9.17, 15) is 4.79 Å². The Bertz CT molecular complexity index is 197. The number of aliphatic hydroxyl groups is 1.